The first-order chi connectivity index (χ1) is 12.3. The van der Waals surface area contributed by atoms with Gasteiger partial charge in [0.1, 0.15) is 0 Å². The summed E-state index contributed by atoms with van der Waals surface area (Å²) >= 11 is 1.73. The van der Waals surface area contributed by atoms with Crippen LogP contribution in [0.25, 0.3) is 10.2 Å². The summed E-state index contributed by atoms with van der Waals surface area (Å²) in [6.45, 7) is 2.25. The van der Waals surface area contributed by atoms with Crippen LogP contribution in [0.2, 0.25) is 0 Å². The number of fused-ring (bicyclic) bond motifs is 1. The summed E-state index contributed by atoms with van der Waals surface area (Å²) in [7, 11) is 0. The molecule has 6 heteroatoms. The molecule has 4 rings (SSSR count). The average Bonchev–Trinajstić information content (AvgIpc) is 3.11. The summed E-state index contributed by atoms with van der Waals surface area (Å²) in [4.78, 5) is 23.6. The average molecular weight is 352 g/mol. The number of hydrogen-bond donors (Lipinski definition) is 1. The zero-order valence-corrected chi connectivity index (χ0v) is 14.7. The van der Waals surface area contributed by atoms with E-state index in [0.29, 0.717) is 6.54 Å². The number of nitrogens with zero attached hydrogens (tertiary/aromatic N) is 3. The van der Waals surface area contributed by atoms with Crippen molar-refractivity contribution in [1.29, 1.82) is 0 Å². The van der Waals surface area contributed by atoms with Crippen LogP contribution in [0.3, 0.4) is 0 Å². The van der Waals surface area contributed by atoms with Gasteiger partial charge in [0, 0.05) is 25.2 Å². The fourth-order valence-electron chi connectivity index (χ4n) is 3.15. The maximum Gasteiger partial charge on any atom is 0.223 e. The van der Waals surface area contributed by atoms with Gasteiger partial charge in [-0.05, 0) is 37.1 Å². The zero-order chi connectivity index (χ0) is 17.1. The molecule has 25 heavy (non-hydrogen) atoms. The summed E-state index contributed by atoms with van der Waals surface area (Å²) in [6.07, 6.45) is 3.48. The lowest BCUT2D eigenvalue weighted by Crippen LogP contribution is -2.40. The second kappa shape index (κ2) is 7.19. The summed E-state index contributed by atoms with van der Waals surface area (Å²) in [5.41, 5.74) is 1.94. The van der Waals surface area contributed by atoms with E-state index >= 15 is 0 Å². The number of thiazole rings is 1. The van der Waals surface area contributed by atoms with Gasteiger partial charge in [-0.2, -0.15) is 0 Å². The smallest absolute Gasteiger partial charge is 0.223 e. The van der Waals surface area contributed by atoms with Crippen molar-refractivity contribution in [2.24, 2.45) is 5.92 Å². The molecule has 0 aliphatic carbocycles. The van der Waals surface area contributed by atoms with Crippen LogP contribution >= 0.6 is 11.3 Å². The van der Waals surface area contributed by atoms with Crippen molar-refractivity contribution < 1.29 is 4.79 Å². The number of pyridine rings is 1. The Hall–Kier alpha value is -2.47. The lowest BCUT2D eigenvalue weighted by atomic mass is 9.96. The lowest BCUT2D eigenvalue weighted by Gasteiger charge is -2.31. The Labute approximate surface area is 150 Å². The van der Waals surface area contributed by atoms with Crippen LogP contribution in [-0.4, -0.2) is 29.0 Å². The van der Waals surface area contributed by atoms with E-state index in [1.54, 1.807) is 17.5 Å². The number of benzene rings is 1. The number of piperidine rings is 1. The van der Waals surface area contributed by atoms with Gasteiger partial charge in [-0.25, -0.2) is 4.98 Å². The monoisotopic (exact) mass is 352 g/mol. The van der Waals surface area contributed by atoms with Crippen molar-refractivity contribution in [3.05, 3.63) is 54.4 Å². The van der Waals surface area contributed by atoms with E-state index in [0.717, 1.165) is 42.3 Å². The minimum Gasteiger partial charge on any atom is -0.350 e. The van der Waals surface area contributed by atoms with Crippen LogP contribution in [0, 0.1) is 5.92 Å². The van der Waals surface area contributed by atoms with Gasteiger partial charge in [-0.3, -0.25) is 9.78 Å². The number of rotatable bonds is 4. The van der Waals surface area contributed by atoms with Crippen LogP contribution in [0.4, 0.5) is 5.13 Å². The molecule has 1 aliphatic rings. The number of anilines is 1. The standard InChI is InChI=1S/C19H20N4OS/c24-18(21-13-15-5-3-4-10-20-15)14-8-11-23(12-9-14)19-22-16-6-1-2-7-17(16)25-19/h1-7,10,14H,8-9,11-13H2,(H,21,24). The van der Waals surface area contributed by atoms with Gasteiger partial charge in [0.2, 0.25) is 5.91 Å². The summed E-state index contributed by atoms with van der Waals surface area (Å²) < 4.78 is 1.22. The number of carbonyl (C=O) groups is 1. The maximum atomic E-state index is 12.4. The van der Waals surface area contributed by atoms with E-state index in [-0.39, 0.29) is 11.8 Å². The number of nitrogens with one attached hydrogen (secondary N) is 1. The van der Waals surface area contributed by atoms with Crippen LogP contribution in [0.15, 0.2) is 48.7 Å². The number of amides is 1. The number of hydrogen-bond acceptors (Lipinski definition) is 5. The van der Waals surface area contributed by atoms with Crippen molar-refractivity contribution >= 4 is 32.6 Å². The molecule has 3 aromatic rings. The Kier molecular flexibility index (Phi) is 4.61. The highest BCUT2D eigenvalue weighted by molar-refractivity contribution is 7.22. The Morgan fingerprint density at radius 2 is 1.96 bits per heavy atom. The fourth-order valence-corrected chi connectivity index (χ4v) is 4.17. The van der Waals surface area contributed by atoms with Gasteiger partial charge in [0.25, 0.3) is 0 Å². The lowest BCUT2D eigenvalue weighted by molar-refractivity contribution is -0.125. The fraction of sp³-hybridized carbons (Fsp3) is 0.316. The Balaban J connectivity index is 1.32. The topological polar surface area (TPSA) is 58.1 Å². The van der Waals surface area contributed by atoms with E-state index in [1.165, 1.54) is 4.70 Å². The summed E-state index contributed by atoms with van der Waals surface area (Å²) in [6, 6.07) is 14.0. The van der Waals surface area contributed by atoms with E-state index in [1.807, 2.05) is 36.4 Å². The molecular formula is C19H20N4OS. The Morgan fingerprint density at radius 3 is 2.72 bits per heavy atom. The third-order valence-electron chi connectivity index (χ3n) is 4.59. The molecule has 1 amide bonds. The first kappa shape index (κ1) is 16.0. The van der Waals surface area contributed by atoms with Crippen LogP contribution in [0.1, 0.15) is 18.5 Å². The molecule has 1 fully saturated rings. The molecule has 1 N–H and O–H groups in total. The van der Waals surface area contributed by atoms with Crippen molar-refractivity contribution in [2.45, 2.75) is 19.4 Å². The van der Waals surface area contributed by atoms with E-state index in [2.05, 4.69) is 21.3 Å². The number of carbonyl (C=O) groups excluding carboxylic acids is 1. The highest BCUT2D eigenvalue weighted by atomic mass is 32.1. The van der Waals surface area contributed by atoms with Crippen molar-refractivity contribution in [2.75, 3.05) is 18.0 Å². The van der Waals surface area contributed by atoms with E-state index in [4.69, 9.17) is 4.98 Å². The largest absolute Gasteiger partial charge is 0.350 e. The molecule has 2 aromatic heterocycles. The van der Waals surface area contributed by atoms with E-state index in [9.17, 15) is 4.79 Å². The minimum absolute atomic E-state index is 0.0781. The quantitative estimate of drug-likeness (QED) is 0.783. The third-order valence-corrected chi connectivity index (χ3v) is 5.69. The molecule has 0 radical (unpaired) electrons. The first-order valence-corrected chi connectivity index (χ1v) is 9.39. The van der Waals surface area contributed by atoms with Gasteiger partial charge < -0.3 is 10.2 Å². The van der Waals surface area contributed by atoms with Gasteiger partial charge in [-0.1, -0.05) is 29.5 Å². The Bertz CT molecular complexity index is 823. The summed E-state index contributed by atoms with van der Waals surface area (Å²) in [5.74, 6) is 0.212. The molecule has 1 aliphatic heterocycles. The molecule has 5 nitrogen and oxygen atoms in total. The predicted molar refractivity (Wildman–Crippen MR) is 101 cm³/mol. The highest BCUT2D eigenvalue weighted by Gasteiger charge is 2.26. The Morgan fingerprint density at radius 1 is 1.16 bits per heavy atom. The second-order valence-electron chi connectivity index (χ2n) is 6.26. The molecule has 3 heterocycles. The minimum atomic E-state index is 0.0781. The molecule has 1 saturated heterocycles. The molecule has 128 valence electrons. The van der Waals surface area contributed by atoms with E-state index < -0.39 is 0 Å². The molecule has 0 atom stereocenters. The number of para-hydroxylation sites is 1. The SMILES string of the molecule is O=C(NCc1ccccn1)C1CCN(c2nc3ccccc3s2)CC1. The van der Waals surface area contributed by atoms with Crippen LogP contribution < -0.4 is 10.2 Å². The van der Waals surface area contributed by atoms with Gasteiger partial charge in [0.15, 0.2) is 5.13 Å². The molecule has 0 saturated carbocycles. The zero-order valence-electron chi connectivity index (χ0n) is 13.9. The van der Waals surface area contributed by atoms with Crippen molar-refractivity contribution in [3.8, 4) is 0 Å². The van der Waals surface area contributed by atoms with Crippen LogP contribution in [-0.2, 0) is 11.3 Å². The van der Waals surface area contributed by atoms with Gasteiger partial charge in [-0.15, -0.1) is 0 Å². The first-order valence-electron chi connectivity index (χ1n) is 8.58. The molecule has 0 spiro atoms. The third kappa shape index (κ3) is 3.64. The van der Waals surface area contributed by atoms with Gasteiger partial charge in [0.05, 0.1) is 22.5 Å². The molecule has 0 bridgehead atoms. The molecule has 0 unspecified atom stereocenters. The van der Waals surface area contributed by atoms with Crippen molar-refractivity contribution in [3.63, 3.8) is 0 Å². The maximum absolute atomic E-state index is 12.4. The molecule has 1 aromatic carbocycles. The molecular weight excluding hydrogens is 332 g/mol. The normalized spacial score (nSPS) is 15.4. The summed E-state index contributed by atoms with van der Waals surface area (Å²) in [5, 5.41) is 4.08. The number of aromatic nitrogens is 2. The highest BCUT2D eigenvalue weighted by Crippen LogP contribution is 2.31. The predicted octanol–water partition coefficient (Wildman–Crippen LogP) is 3.22. The van der Waals surface area contributed by atoms with Crippen LogP contribution in [0.5, 0.6) is 0 Å². The second-order valence-corrected chi connectivity index (χ2v) is 7.27. The van der Waals surface area contributed by atoms with Gasteiger partial charge >= 0.3 is 0 Å². The van der Waals surface area contributed by atoms with Crippen molar-refractivity contribution in [1.82, 2.24) is 15.3 Å².